The molecule has 5 nitrogen and oxygen atoms in total. The van der Waals surface area contributed by atoms with E-state index in [1.807, 2.05) is 35.2 Å². The number of aliphatic hydroxyl groups is 4. The van der Waals surface area contributed by atoms with Crippen molar-refractivity contribution in [3.8, 4) is 0 Å². The zero-order valence-electron chi connectivity index (χ0n) is 10.1. The van der Waals surface area contributed by atoms with Crippen LogP contribution in [0.1, 0.15) is 5.56 Å². The van der Waals surface area contributed by atoms with Crippen LogP contribution in [0.5, 0.6) is 0 Å². The van der Waals surface area contributed by atoms with Gasteiger partial charge in [0.15, 0.2) is 0 Å². The van der Waals surface area contributed by atoms with Crippen molar-refractivity contribution in [2.75, 3.05) is 19.7 Å². The minimum absolute atomic E-state index is 0.136. The summed E-state index contributed by atoms with van der Waals surface area (Å²) in [7, 11) is 0. The Kier molecular flexibility index (Phi) is 3.99. The van der Waals surface area contributed by atoms with Crippen molar-refractivity contribution in [3.05, 3.63) is 35.9 Å². The molecule has 0 radical (unpaired) electrons. The van der Waals surface area contributed by atoms with E-state index in [2.05, 4.69) is 0 Å². The lowest BCUT2D eigenvalue weighted by molar-refractivity contribution is -0.187. The van der Waals surface area contributed by atoms with Gasteiger partial charge in [-0.1, -0.05) is 30.3 Å². The molecule has 1 saturated heterocycles. The van der Waals surface area contributed by atoms with Gasteiger partial charge in [0.05, 0.1) is 12.7 Å². The molecule has 1 aliphatic heterocycles. The number of β-amino-alcohol motifs (C(OH)–C–C–N with tert-alkyl or cyclic N) is 2. The first-order valence-electron chi connectivity index (χ1n) is 6.01. The first-order valence-corrected chi connectivity index (χ1v) is 6.01. The average Bonchev–Trinajstić information content (AvgIpc) is 2.37. The molecule has 5 heteroatoms. The fourth-order valence-corrected chi connectivity index (χ4v) is 2.37. The maximum atomic E-state index is 10.1. The van der Waals surface area contributed by atoms with Gasteiger partial charge < -0.3 is 20.4 Å². The van der Waals surface area contributed by atoms with Crippen molar-refractivity contribution >= 4 is 0 Å². The second-order valence-electron chi connectivity index (χ2n) is 4.93. The SMILES string of the molecule is OC[C@@]1(O)CN(Cc2ccccc2)C[C@H](O)[C@H]1O. The predicted octanol–water partition coefficient (Wildman–Crippen LogP) is -1.05. The van der Waals surface area contributed by atoms with Crippen LogP contribution in [0.4, 0.5) is 0 Å². The number of likely N-dealkylation sites (tertiary alicyclic amines) is 1. The van der Waals surface area contributed by atoms with Crippen molar-refractivity contribution < 1.29 is 20.4 Å². The number of rotatable bonds is 3. The van der Waals surface area contributed by atoms with Gasteiger partial charge in [-0.25, -0.2) is 0 Å². The van der Waals surface area contributed by atoms with Gasteiger partial charge in [-0.15, -0.1) is 0 Å². The van der Waals surface area contributed by atoms with Crippen LogP contribution >= 0.6 is 0 Å². The van der Waals surface area contributed by atoms with Crippen LogP contribution in [-0.2, 0) is 6.54 Å². The highest BCUT2D eigenvalue weighted by Crippen LogP contribution is 2.23. The normalized spacial score (nSPS) is 33.6. The minimum Gasteiger partial charge on any atom is -0.393 e. The maximum Gasteiger partial charge on any atom is 0.129 e. The molecule has 4 N–H and O–H groups in total. The van der Waals surface area contributed by atoms with E-state index in [0.29, 0.717) is 6.54 Å². The number of hydrogen-bond acceptors (Lipinski definition) is 5. The van der Waals surface area contributed by atoms with E-state index in [1.165, 1.54) is 0 Å². The second-order valence-corrected chi connectivity index (χ2v) is 4.93. The molecule has 0 aromatic heterocycles. The van der Waals surface area contributed by atoms with E-state index in [-0.39, 0.29) is 13.1 Å². The molecule has 1 aromatic rings. The molecule has 2 rings (SSSR count). The summed E-state index contributed by atoms with van der Waals surface area (Å²) in [6.45, 7) is 0.401. The summed E-state index contributed by atoms with van der Waals surface area (Å²) in [5, 5.41) is 38.7. The van der Waals surface area contributed by atoms with Gasteiger partial charge in [-0.3, -0.25) is 4.90 Å². The van der Waals surface area contributed by atoms with Crippen LogP contribution < -0.4 is 0 Å². The van der Waals surface area contributed by atoms with Crippen molar-refractivity contribution in [1.82, 2.24) is 4.90 Å². The minimum atomic E-state index is -1.66. The van der Waals surface area contributed by atoms with Crippen molar-refractivity contribution in [1.29, 1.82) is 0 Å². The third kappa shape index (κ3) is 2.71. The lowest BCUT2D eigenvalue weighted by atomic mass is 9.88. The Hall–Kier alpha value is -0.980. The summed E-state index contributed by atoms with van der Waals surface area (Å²) in [5.74, 6) is 0. The molecular weight excluding hydrogens is 234 g/mol. The third-order valence-electron chi connectivity index (χ3n) is 3.38. The summed E-state index contributed by atoms with van der Waals surface area (Å²) >= 11 is 0. The van der Waals surface area contributed by atoms with Crippen LogP contribution in [0, 0.1) is 0 Å². The molecule has 1 aromatic carbocycles. The number of hydrogen-bond donors (Lipinski definition) is 4. The van der Waals surface area contributed by atoms with Gasteiger partial charge in [0.25, 0.3) is 0 Å². The topological polar surface area (TPSA) is 84.2 Å². The van der Waals surface area contributed by atoms with E-state index < -0.39 is 24.4 Å². The summed E-state index contributed by atoms with van der Waals surface area (Å²) in [6.07, 6.45) is -2.37. The molecule has 0 unspecified atom stereocenters. The zero-order valence-corrected chi connectivity index (χ0v) is 10.1. The van der Waals surface area contributed by atoms with Crippen molar-refractivity contribution in [2.45, 2.75) is 24.4 Å². The lowest BCUT2D eigenvalue weighted by Crippen LogP contribution is -2.64. The highest BCUT2D eigenvalue weighted by molar-refractivity contribution is 5.15. The van der Waals surface area contributed by atoms with Crippen molar-refractivity contribution in [3.63, 3.8) is 0 Å². The number of benzene rings is 1. The molecule has 0 bridgehead atoms. The first-order chi connectivity index (χ1) is 8.55. The monoisotopic (exact) mass is 253 g/mol. The standard InChI is InChI=1S/C13H19NO4/c15-9-13(18)8-14(7-11(16)12(13)17)6-10-4-2-1-3-5-10/h1-5,11-12,15-18H,6-9H2/t11-,12+,13-/m0/s1. The van der Waals surface area contributed by atoms with E-state index in [9.17, 15) is 20.4 Å². The zero-order chi connectivity index (χ0) is 13.2. The number of aliphatic hydroxyl groups excluding tert-OH is 3. The Labute approximate surface area is 106 Å². The Morgan fingerprint density at radius 2 is 1.89 bits per heavy atom. The van der Waals surface area contributed by atoms with E-state index >= 15 is 0 Å². The molecule has 1 fully saturated rings. The molecule has 1 aliphatic rings. The molecule has 0 saturated carbocycles. The maximum absolute atomic E-state index is 10.1. The van der Waals surface area contributed by atoms with Gasteiger partial charge in [-0.2, -0.15) is 0 Å². The van der Waals surface area contributed by atoms with Crippen LogP contribution in [0.2, 0.25) is 0 Å². The Morgan fingerprint density at radius 3 is 2.50 bits per heavy atom. The van der Waals surface area contributed by atoms with Gasteiger partial charge in [0.2, 0.25) is 0 Å². The lowest BCUT2D eigenvalue weighted by Gasteiger charge is -2.44. The highest BCUT2D eigenvalue weighted by atomic mass is 16.4. The largest absolute Gasteiger partial charge is 0.393 e. The van der Waals surface area contributed by atoms with Gasteiger partial charge >= 0.3 is 0 Å². The van der Waals surface area contributed by atoms with Crippen molar-refractivity contribution in [2.24, 2.45) is 0 Å². The van der Waals surface area contributed by atoms with Crippen LogP contribution in [0.3, 0.4) is 0 Å². The smallest absolute Gasteiger partial charge is 0.129 e. The van der Waals surface area contributed by atoms with Gasteiger partial charge in [-0.05, 0) is 5.56 Å². The fourth-order valence-electron chi connectivity index (χ4n) is 2.37. The molecule has 100 valence electrons. The number of nitrogens with zero attached hydrogens (tertiary/aromatic N) is 1. The van der Waals surface area contributed by atoms with E-state index in [0.717, 1.165) is 5.56 Å². The van der Waals surface area contributed by atoms with E-state index in [4.69, 9.17) is 0 Å². The molecule has 1 heterocycles. The van der Waals surface area contributed by atoms with Crippen LogP contribution in [0.15, 0.2) is 30.3 Å². The average molecular weight is 253 g/mol. The van der Waals surface area contributed by atoms with Gasteiger partial charge in [0, 0.05) is 19.6 Å². The molecular formula is C13H19NO4. The predicted molar refractivity (Wildman–Crippen MR) is 65.8 cm³/mol. The van der Waals surface area contributed by atoms with Crippen LogP contribution in [-0.4, -0.2) is 62.8 Å². The number of piperidine rings is 1. The second kappa shape index (κ2) is 5.34. The fraction of sp³-hybridized carbons (Fsp3) is 0.538. The highest BCUT2D eigenvalue weighted by Gasteiger charge is 2.45. The van der Waals surface area contributed by atoms with Gasteiger partial charge in [0.1, 0.15) is 11.7 Å². The summed E-state index contributed by atoms with van der Waals surface area (Å²) in [4.78, 5) is 1.82. The van der Waals surface area contributed by atoms with Crippen LogP contribution in [0.25, 0.3) is 0 Å². The molecule has 3 atom stereocenters. The Morgan fingerprint density at radius 1 is 1.22 bits per heavy atom. The summed E-state index contributed by atoms with van der Waals surface area (Å²) < 4.78 is 0. The third-order valence-corrected chi connectivity index (χ3v) is 3.38. The summed E-state index contributed by atoms with van der Waals surface area (Å²) in [6, 6.07) is 9.67. The quantitative estimate of drug-likeness (QED) is 0.552. The first kappa shape index (κ1) is 13.5. The molecule has 0 spiro atoms. The molecule has 0 amide bonds. The van der Waals surface area contributed by atoms with E-state index in [1.54, 1.807) is 0 Å². The molecule has 0 aliphatic carbocycles. The molecule has 18 heavy (non-hydrogen) atoms. The Bertz CT molecular complexity index is 386. The Balaban J connectivity index is 2.07. The summed E-state index contributed by atoms with van der Waals surface area (Å²) in [5.41, 5.74) is -0.603.